The quantitative estimate of drug-likeness (QED) is 0.667. The first kappa shape index (κ1) is 22.2. The lowest BCUT2D eigenvalue weighted by Crippen LogP contribution is -2.57. The van der Waals surface area contributed by atoms with E-state index in [0.29, 0.717) is 38.9 Å². The van der Waals surface area contributed by atoms with Gasteiger partial charge in [-0.2, -0.15) is 0 Å². The summed E-state index contributed by atoms with van der Waals surface area (Å²) in [4.78, 5) is 26.1. The van der Waals surface area contributed by atoms with Gasteiger partial charge in [0.1, 0.15) is 15.7 Å². The molecule has 0 saturated carbocycles. The summed E-state index contributed by atoms with van der Waals surface area (Å²) in [7, 11) is -3.04. The fraction of sp³-hybridized carbons (Fsp3) is 0.500. The van der Waals surface area contributed by atoms with Gasteiger partial charge in [0, 0.05) is 37.9 Å². The van der Waals surface area contributed by atoms with E-state index < -0.39 is 9.84 Å². The number of hydrogen-bond donors (Lipinski definition) is 0. The molecule has 3 rings (SSSR count). The van der Waals surface area contributed by atoms with Crippen molar-refractivity contribution in [2.75, 3.05) is 36.0 Å². The molecule has 0 bridgehead atoms. The van der Waals surface area contributed by atoms with E-state index in [1.165, 1.54) is 0 Å². The zero-order valence-electron chi connectivity index (χ0n) is 17.5. The van der Waals surface area contributed by atoms with Gasteiger partial charge in [0.05, 0.1) is 23.7 Å². The van der Waals surface area contributed by atoms with E-state index in [2.05, 4.69) is 21.4 Å². The molecule has 2 saturated heterocycles. The van der Waals surface area contributed by atoms with Crippen LogP contribution in [-0.2, 0) is 14.6 Å². The molecule has 7 nitrogen and oxygen atoms in total. The Morgan fingerprint density at radius 2 is 2.07 bits per heavy atom. The Morgan fingerprint density at radius 1 is 1.23 bits per heavy atom. The molecule has 0 aliphatic carbocycles. The number of rotatable bonds is 5. The van der Waals surface area contributed by atoms with Crippen molar-refractivity contribution in [1.29, 1.82) is 0 Å². The lowest BCUT2D eigenvalue weighted by molar-refractivity contribution is -0.137. The predicted molar refractivity (Wildman–Crippen MR) is 119 cm³/mol. The Hall–Kier alpha value is -2.48. The number of sulfone groups is 1. The molecule has 0 aromatic carbocycles. The van der Waals surface area contributed by atoms with Crippen LogP contribution in [0.15, 0.2) is 55.0 Å². The van der Waals surface area contributed by atoms with E-state index in [0.717, 1.165) is 11.4 Å². The van der Waals surface area contributed by atoms with Gasteiger partial charge in [-0.1, -0.05) is 30.9 Å². The van der Waals surface area contributed by atoms with Crippen LogP contribution in [0.25, 0.3) is 0 Å². The van der Waals surface area contributed by atoms with Crippen LogP contribution in [0.5, 0.6) is 0 Å². The van der Waals surface area contributed by atoms with Crippen molar-refractivity contribution in [1.82, 2.24) is 14.9 Å². The Bertz CT molecular complexity index is 912. The topological polar surface area (TPSA) is 83.5 Å². The predicted octanol–water partition coefficient (Wildman–Crippen LogP) is 2.40. The first-order chi connectivity index (χ1) is 14.4. The van der Waals surface area contributed by atoms with Crippen molar-refractivity contribution >= 4 is 21.6 Å². The lowest BCUT2D eigenvalue weighted by Gasteiger charge is -2.43. The SMILES string of the molecule is C=C/C(=C\C=C/C)C1CN(c2cnccn2)CCN1C(=O)C1CCCS(=O)(=O)CC1. The molecule has 30 heavy (non-hydrogen) atoms. The minimum absolute atomic E-state index is 0.0455. The Kier molecular flexibility index (Phi) is 7.42. The van der Waals surface area contributed by atoms with Crippen LogP contribution in [0, 0.1) is 5.92 Å². The summed E-state index contributed by atoms with van der Waals surface area (Å²) in [5.41, 5.74) is 0.955. The van der Waals surface area contributed by atoms with Crippen LogP contribution in [0.1, 0.15) is 26.2 Å². The molecule has 2 aliphatic rings. The number of anilines is 1. The van der Waals surface area contributed by atoms with Crippen LogP contribution in [-0.4, -0.2) is 66.4 Å². The Balaban J connectivity index is 1.85. The monoisotopic (exact) mass is 430 g/mol. The summed E-state index contributed by atoms with van der Waals surface area (Å²) in [5.74, 6) is 0.852. The molecular formula is C22H30N4O3S. The summed E-state index contributed by atoms with van der Waals surface area (Å²) < 4.78 is 24.0. The normalized spacial score (nSPS) is 25.2. The summed E-state index contributed by atoms with van der Waals surface area (Å²) in [6.07, 6.45) is 14.3. The summed E-state index contributed by atoms with van der Waals surface area (Å²) in [5, 5.41) is 0. The van der Waals surface area contributed by atoms with Gasteiger partial charge in [-0.05, 0) is 31.8 Å². The van der Waals surface area contributed by atoms with E-state index >= 15 is 0 Å². The first-order valence-electron chi connectivity index (χ1n) is 10.4. The van der Waals surface area contributed by atoms with Gasteiger partial charge >= 0.3 is 0 Å². The van der Waals surface area contributed by atoms with E-state index in [4.69, 9.17) is 0 Å². The third kappa shape index (κ3) is 5.36. The van der Waals surface area contributed by atoms with Gasteiger partial charge in [-0.25, -0.2) is 13.4 Å². The van der Waals surface area contributed by atoms with Gasteiger partial charge in [-0.3, -0.25) is 9.78 Å². The zero-order valence-corrected chi connectivity index (χ0v) is 18.3. The molecule has 1 aromatic heterocycles. The Labute approximate surface area is 179 Å². The molecule has 3 heterocycles. The highest BCUT2D eigenvalue weighted by atomic mass is 32.2. The molecule has 162 valence electrons. The van der Waals surface area contributed by atoms with Crippen molar-refractivity contribution in [3.05, 3.63) is 55.0 Å². The maximum atomic E-state index is 13.5. The number of aromatic nitrogens is 2. The number of hydrogen-bond acceptors (Lipinski definition) is 6. The van der Waals surface area contributed by atoms with Crippen LogP contribution in [0.2, 0.25) is 0 Å². The van der Waals surface area contributed by atoms with Crippen molar-refractivity contribution < 1.29 is 13.2 Å². The third-order valence-corrected chi connectivity index (χ3v) is 7.54. The van der Waals surface area contributed by atoms with Gasteiger partial charge in [-0.15, -0.1) is 0 Å². The standard InChI is InChI=1S/C22H30N4O3S/c1-3-5-7-18(4-2)20-17-25(21-16-23-10-11-24-21)12-13-26(20)22(27)19-8-6-14-30(28,29)15-9-19/h3-5,7,10-11,16,19-20H,2,6,8-9,12-15,17H2,1H3/b5-3-,18-7+. The number of amides is 1. The molecule has 8 heteroatoms. The third-order valence-electron chi connectivity index (χ3n) is 5.77. The molecule has 2 unspecified atom stereocenters. The molecule has 0 spiro atoms. The molecule has 0 N–H and O–H groups in total. The minimum atomic E-state index is -3.04. The molecule has 0 radical (unpaired) electrons. The van der Waals surface area contributed by atoms with E-state index in [-0.39, 0.29) is 29.4 Å². The van der Waals surface area contributed by atoms with Gasteiger partial charge in [0.2, 0.25) is 5.91 Å². The number of nitrogens with zero attached hydrogens (tertiary/aromatic N) is 4. The van der Waals surface area contributed by atoms with Gasteiger partial charge in [0.15, 0.2) is 0 Å². The second-order valence-corrected chi connectivity index (χ2v) is 10.0. The van der Waals surface area contributed by atoms with E-state index in [1.54, 1.807) is 24.7 Å². The summed E-state index contributed by atoms with van der Waals surface area (Å²) in [6, 6.07) is -0.179. The Morgan fingerprint density at radius 3 is 2.77 bits per heavy atom. The highest BCUT2D eigenvalue weighted by molar-refractivity contribution is 7.91. The minimum Gasteiger partial charge on any atom is -0.351 e. The van der Waals surface area contributed by atoms with Crippen molar-refractivity contribution in [3.63, 3.8) is 0 Å². The largest absolute Gasteiger partial charge is 0.351 e. The lowest BCUT2D eigenvalue weighted by atomic mass is 9.95. The molecule has 2 fully saturated rings. The number of carbonyl (C=O) groups excluding carboxylic acids is 1. The van der Waals surface area contributed by atoms with Crippen LogP contribution in [0.3, 0.4) is 0 Å². The van der Waals surface area contributed by atoms with E-state index in [1.807, 2.05) is 30.1 Å². The smallest absolute Gasteiger partial charge is 0.226 e. The maximum Gasteiger partial charge on any atom is 0.226 e. The highest BCUT2D eigenvalue weighted by Crippen LogP contribution is 2.27. The fourth-order valence-corrected chi connectivity index (χ4v) is 5.57. The van der Waals surface area contributed by atoms with Crippen LogP contribution in [0.4, 0.5) is 5.82 Å². The fourth-order valence-electron chi connectivity index (χ4n) is 4.12. The molecule has 2 atom stereocenters. The van der Waals surface area contributed by atoms with Crippen molar-refractivity contribution in [2.24, 2.45) is 5.92 Å². The molecule has 2 aliphatic heterocycles. The van der Waals surface area contributed by atoms with Crippen molar-refractivity contribution in [2.45, 2.75) is 32.2 Å². The average molecular weight is 431 g/mol. The first-order valence-corrected chi connectivity index (χ1v) is 12.2. The van der Waals surface area contributed by atoms with Gasteiger partial charge in [0.25, 0.3) is 0 Å². The number of allylic oxidation sites excluding steroid dienone is 3. The average Bonchev–Trinajstić information content (AvgIpc) is 2.94. The van der Waals surface area contributed by atoms with Crippen molar-refractivity contribution in [3.8, 4) is 0 Å². The molecule has 1 aromatic rings. The van der Waals surface area contributed by atoms with Crippen LogP contribution >= 0.6 is 0 Å². The van der Waals surface area contributed by atoms with Crippen LogP contribution < -0.4 is 4.90 Å². The van der Waals surface area contributed by atoms with E-state index in [9.17, 15) is 13.2 Å². The van der Waals surface area contributed by atoms with Gasteiger partial charge < -0.3 is 9.80 Å². The zero-order chi connectivity index (χ0) is 21.6. The summed E-state index contributed by atoms with van der Waals surface area (Å²) in [6.45, 7) is 7.69. The number of piperazine rings is 1. The highest BCUT2D eigenvalue weighted by Gasteiger charge is 2.36. The number of carbonyl (C=O) groups is 1. The summed E-state index contributed by atoms with van der Waals surface area (Å²) >= 11 is 0. The molecular weight excluding hydrogens is 400 g/mol. The molecule has 1 amide bonds. The second kappa shape index (κ2) is 10.0. The maximum absolute atomic E-state index is 13.5. The second-order valence-electron chi connectivity index (χ2n) is 7.73.